The highest BCUT2D eigenvalue weighted by molar-refractivity contribution is 6.29. The van der Waals surface area contributed by atoms with Gasteiger partial charge in [0.25, 0.3) is 0 Å². The van der Waals surface area contributed by atoms with Crippen LogP contribution >= 0.6 is 11.6 Å². The Hall–Kier alpha value is -1.42. The molecule has 2 heterocycles. The minimum Gasteiger partial charge on any atom is -0.374 e. The predicted octanol–water partition coefficient (Wildman–Crippen LogP) is 1.40. The molecule has 0 bridgehead atoms. The monoisotopic (exact) mass is 282 g/mol. The Morgan fingerprint density at radius 3 is 3.21 bits per heavy atom. The zero-order chi connectivity index (χ0) is 13.7. The third-order valence-corrected chi connectivity index (χ3v) is 2.89. The second-order valence-electron chi connectivity index (χ2n) is 4.04. The summed E-state index contributed by atoms with van der Waals surface area (Å²) in [6.45, 7) is 4.50. The summed E-state index contributed by atoms with van der Waals surface area (Å²) in [6.07, 6.45) is -0.433. The number of nitriles is 1. The molecule has 1 aliphatic heterocycles. The fourth-order valence-electron chi connectivity index (χ4n) is 1.81. The quantitative estimate of drug-likeness (QED) is 0.777. The number of morpholine rings is 1. The largest absolute Gasteiger partial charge is 0.374 e. The van der Waals surface area contributed by atoms with Crippen LogP contribution in [0.2, 0.25) is 5.15 Å². The summed E-state index contributed by atoms with van der Waals surface area (Å²) in [7, 11) is 0. The van der Waals surface area contributed by atoms with E-state index in [4.69, 9.17) is 26.3 Å². The molecule has 0 aliphatic carbocycles. The lowest BCUT2D eigenvalue weighted by atomic mass is 10.3. The van der Waals surface area contributed by atoms with Crippen molar-refractivity contribution in [3.05, 3.63) is 17.0 Å². The molecule has 0 aromatic carbocycles. The van der Waals surface area contributed by atoms with E-state index >= 15 is 0 Å². The molecule has 1 aromatic rings. The average Bonchev–Trinajstić information content (AvgIpc) is 2.44. The van der Waals surface area contributed by atoms with Crippen LogP contribution < -0.4 is 4.90 Å². The Kier molecular flexibility index (Phi) is 4.91. The Labute approximate surface area is 116 Å². The van der Waals surface area contributed by atoms with Crippen LogP contribution in [0.25, 0.3) is 0 Å². The molecular formula is C12H15ClN4O2. The maximum Gasteiger partial charge on any atom is 0.161 e. The summed E-state index contributed by atoms with van der Waals surface area (Å²) in [5.41, 5.74) is 0. The number of hydrogen-bond acceptors (Lipinski definition) is 6. The maximum atomic E-state index is 8.90. The number of ether oxygens (including phenoxy) is 2. The van der Waals surface area contributed by atoms with E-state index in [1.54, 1.807) is 6.07 Å². The molecule has 2 rings (SSSR count). The van der Waals surface area contributed by atoms with Crippen LogP contribution in [0.3, 0.4) is 0 Å². The summed E-state index contributed by atoms with van der Waals surface area (Å²) in [6, 6.07) is 3.79. The van der Waals surface area contributed by atoms with Gasteiger partial charge < -0.3 is 14.4 Å². The number of halogens is 1. The fraction of sp³-hybridized carbons (Fsp3) is 0.583. The first-order valence-corrected chi connectivity index (χ1v) is 6.48. The predicted molar refractivity (Wildman–Crippen MR) is 69.9 cm³/mol. The Morgan fingerprint density at radius 1 is 1.63 bits per heavy atom. The number of rotatable bonds is 4. The van der Waals surface area contributed by atoms with Gasteiger partial charge in [0.05, 0.1) is 19.2 Å². The van der Waals surface area contributed by atoms with Crippen LogP contribution in [0.15, 0.2) is 6.07 Å². The van der Waals surface area contributed by atoms with Crippen LogP contribution in [-0.4, -0.2) is 42.4 Å². The SMILES string of the molecule is CCOCc1nc(Cl)cc(N2CCOC(C#N)C2)n1. The van der Waals surface area contributed by atoms with Gasteiger partial charge in [0, 0.05) is 19.2 Å². The van der Waals surface area contributed by atoms with Gasteiger partial charge in [-0.2, -0.15) is 5.26 Å². The molecule has 102 valence electrons. The molecule has 1 saturated heterocycles. The van der Waals surface area contributed by atoms with E-state index in [9.17, 15) is 0 Å². The molecule has 1 fully saturated rings. The van der Waals surface area contributed by atoms with Crippen molar-refractivity contribution in [2.45, 2.75) is 19.6 Å². The third-order valence-electron chi connectivity index (χ3n) is 2.70. The van der Waals surface area contributed by atoms with Crippen molar-refractivity contribution in [1.29, 1.82) is 5.26 Å². The molecule has 1 atom stereocenters. The number of nitrogens with zero attached hydrogens (tertiary/aromatic N) is 4. The lowest BCUT2D eigenvalue weighted by molar-refractivity contribution is 0.0760. The zero-order valence-corrected chi connectivity index (χ0v) is 11.4. The van der Waals surface area contributed by atoms with E-state index < -0.39 is 6.10 Å². The minimum atomic E-state index is -0.433. The Balaban J connectivity index is 2.14. The standard InChI is InChI=1S/C12H15ClN4O2/c1-2-18-8-11-15-10(13)5-12(16-11)17-3-4-19-9(6-14)7-17/h5,9H,2-4,7-8H2,1H3. The van der Waals surface area contributed by atoms with Crippen LogP contribution in [-0.2, 0) is 16.1 Å². The van der Waals surface area contributed by atoms with Crippen molar-refractivity contribution >= 4 is 17.4 Å². The smallest absolute Gasteiger partial charge is 0.161 e. The van der Waals surface area contributed by atoms with Gasteiger partial charge in [0.1, 0.15) is 17.6 Å². The van der Waals surface area contributed by atoms with Crippen molar-refractivity contribution in [1.82, 2.24) is 9.97 Å². The first-order chi connectivity index (χ1) is 9.22. The highest BCUT2D eigenvalue weighted by Gasteiger charge is 2.21. The first-order valence-electron chi connectivity index (χ1n) is 6.10. The molecule has 6 nitrogen and oxygen atoms in total. The van der Waals surface area contributed by atoms with Gasteiger partial charge in [-0.15, -0.1) is 0 Å². The Morgan fingerprint density at radius 2 is 2.47 bits per heavy atom. The van der Waals surface area contributed by atoms with Crippen LogP contribution in [0.5, 0.6) is 0 Å². The van der Waals surface area contributed by atoms with Gasteiger partial charge >= 0.3 is 0 Å². The normalized spacial score (nSPS) is 19.2. The zero-order valence-electron chi connectivity index (χ0n) is 10.7. The molecule has 1 aromatic heterocycles. The summed E-state index contributed by atoms with van der Waals surface area (Å²) < 4.78 is 10.6. The molecule has 19 heavy (non-hydrogen) atoms. The highest BCUT2D eigenvalue weighted by atomic mass is 35.5. The highest BCUT2D eigenvalue weighted by Crippen LogP contribution is 2.19. The van der Waals surface area contributed by atoms with Crippen molar-refractivity contribution in [2.24, 2.45) is 0 Å². The molecule has 0 radical (unpaired) electrons. The van der Waals surface area contributed by atoms with Gasteiger partial charge in [-0.05, 0) is 6.92 Å². The molecule has 0 N–H and O–H groups in total. The lowest BCUT2D eigenvalue weighted by Gasteiger charge is -2.30. The number of aromatic nitrogens is 2. The number of anilines is 1. The summed E-state index contributed by atoms with van der Waals surface area (Å²) in [4.78, 5) is 10.5. The lowest BCUT2D eigenvalue weighted by Crippen LogP contribution is -2.42. The van der Waals surface area contributed by atoms with Crippen LogP contribution in [0.4, 0.5) is 5.82 Å². The molecule has 0 saturated carbocycles. The second-order valence-corrected chi connectivity index (χ2v) is 4.42. The maximum absolute atomic E-state index is 8.90. The van der Waals surface area contributed by atoms with Gasteiger partial charge in [-0.3, -0.25) is 0 Å². The van der Waals surface area contributed by atoms with E-state index in [1.807, 2.05) is 11.8 Å². The second kappa shape index (κ2) is 6.66. The van der Waals surface area contributed by atoms with E-state index in [0.29, 0.717) is 49.7 Å². The summed E-state index contributed by atoms with van der Waals surface area (Å²) in [5, 5.41) is 9.28. The third kappa shape index (κ3) is 3.77. The van der Waals surface area contributed by atoms with E-state index in [1.165, 1.54) is 0 Å². The average molecular weight is 283 g/mol. The van der Waals surface area contributed by atoms with E-state index in [-0.39, 0.29) is 0 Å². The number of hydrogen-bond donors (Lipinski definition) is 0. The molecule has 0 amide bonds. The first kappa shape index (κ1) is 14.0. The van der Waals surface area contributed by atoms with Gasteiger partial charge in [-0.25, -0.2) is 9.97 Å². The molecule has 0 spiro atoms. The molecule has 1 aliphatic rings. The van der Waals surface area contributed by atoms with Gasteiger partial charge in [-0.1, -0.05) is 11.6 Å². The Bertz CT molecular complexity index is 477. The van der Waals surface area contributed by atoms with Crippen molar-refractivity contribution in [3.8, 4) is 6.07 Å². The van der Waals surface area contributed by atoms with Crippen LogP contribution in [0, 0.1) is 11.3 Å². The molecule has 1 unspecified atom stereocenters. The molecular weight excluding hydrogens is 268 g/mol. The van der Waals surface area contributed by atoms with Crippen molar-refractivity contribution in [3.63, 3.8) is 0 Å². The van der Waals surface area contributed by atoms with Crippen molar-refractivity contribution in [2.75, 3.05) is 31.2 Å². The topological polar surface area (TPSA) is 71.3 Å². The van der Waals surface area contributed by atoms with E-state index in [0.717, 1.165) is 0 Å². The summed E-state index contributed by atoms with van der Waals surface area (Å²) in [5.74, 6) is 1.25. The minimum absolute atomic E-state index is 0.329. The fourth-order valence-corrected chi connectivity index (χ4v) is 2.00. The van der Waals surface area contributed by atoms with Crippen LogP contribution in [0.1, 0.15) is 12.7 Å². The van der Waals surface area contributed by atoms with Crippen molar-refractivity contribution < 1.29 is 9.47 Å². The van der Waals surface area contributed by atoms with E-state index in [2.05, 4.69) is 16.0 Å². The van der Waals surface area contributed by atoms with Gasteiger partial charge in [0.2, 0.25) is 0 Å². The molecule has 7 heteroatoms. The van der Waals surface area contributed by atoms with Gasteiger partial charge in [0.15, 0.2) is 11.9 Å². The summed E-state index contributed by atoms with van der Waals surface area (Å²) >= 11 is 5.99.